The second kappa shape index (κ2) is 12.6. The van der Waals surface area contributed by atoms with Crippen LogP contribution in [0.15, 0.2) is 78.9 Å². The number of sulfonamides is 1. The molecule has 3 aromatic rings. The number of likely N-dealkylation sites (N-methyl/N-ethyl adjacent to an activating group) is 1. The van der Waals surface area contributed by atoms with Gasteiger partial charge in [0.15, 0.2) is 0 Å². The molecule has 0 fully saturated rings. The summed E-state index contributed by atoms with van der Waals surface area (Å²) in [6.07, 6.45) is 1.29. The summed E-state index contributed by atoms with van der Waals surface area (Å²) in [6.45, 7) is -0.401. The minimum absolute atomic E-state index is 0.0845. The molecule has 0 aromatic heterocycles. The minimum Gasteiger partial charge on any atom is -0.497 e. The first-order valence-electron chi connectivity index (χ1n) is 11.5. The summed E-state index contributed by atoms with van der Waals surface area (Å²) in [6, 6.07) is 21.8. The fourth-order valence-corrected chi connectivity index (χ4v) is 4.84. The van der Waals surface area contributed by atoms with Crippen LogP contribution in [-0.2, 0) is 32.6 Å². The maximum Gasteiger partial charge on any atom is 0.244 e. The quantitative estimate of drug-likeness (QED) is 0.399. The zero-order valence-corrected chi connectivity index (χ0v) is 22.5. The van der Waals surface area contributed by atoms with Crippen LogP contribution >= 0.6 is 11.6 Å². The van der Waals surface area contributed by atoms with Crippen LogP contribution in [0.2, 0.25) is 5.02 Å². The van der Waals surface area contributed by atoms with Crippen LogP contribution in [-0.4, -0.2) is 58.1 Å². The number of methoxy groups -OCH3 is 1. The van der Waals surface area contributed by atoms with Crippen LogP contribution in [0.3, 0.4) is 0 Å². The molecule has 8 nitrogen and oxygen atoms in total. The van der Waals surface area contributed by atoms with E-state index in [2.05, 4.69) is 5.32 Å². The molecule has 0 aliphatic rings. The molecule has 0 radical (unpaired) electrons. The zero-order valence-electron chi connectivity index (χ0n) is 20.9. The van der Waals surface area contributed by atoms with Gasteiger partial charge in [-0.3, -0.25) is 13.9 Å². The first kappa shape index (κ1) is 28.0. The topological polar surface area (TPSA) is 96.0 Å². The van der Waals surface area contributed by atoms with Crippen molar-refractivity contribution in [1.29, 1.82) is 0 Å². The molecule has 3 aromatic carbocycles. The van der Waals surface area contributed by atoms with E-state index in [1.165, 1.54) is 19.1 Å². The van der Waals surface area contributed by atoms with Gasteiger partial charge in [-0.2, -0.15) is 0 Å². The van der Waals surface area contributed by atoms with E-state index in [9.17, 15) is 18.0 Å². The van der Waals surface area contributed by atoms with Gasteiger partial charge in [-0.1, -0.05) is 54.1 Å². The number of hydrogen-bond donors (Lipinski definition) is 1. The van der Waals surface area contributed by atoms with Gasteiger partial charge in [0.05, 0.1) is 19.1 Å². The minimum atomic E-state index is -3.83. The average Bonchev–Trinajstić information content (AvgIpc) is 2.89. The molecule has 1 N–H and O–H groups in total. The Bertz CT molecular complexity index is 1300. The lowest BCUT2D eigenvalue weighted by atomic mass is 10.0. The summed E-state index contributed by atoms with van der Waals surface area (Å²) in [5.74, 6) is -0.335. The number of ether oxygens (including phenoxy) is 1. The predicted octanol–water partition coefficient (Wildman–Crippen LogP) is 3.50. The SMILES string of the molecule is CNC(=O)[C@H](Cc1ccccc1)N(Cc1ccc(Cl)cc1)C(=O)CN(c1ccc(OC)cc1)S(C)(=O)=O. The third kappa shape index (κ3) is 7.71. The van der Waals surface area contributed by atoms with Gasteiger partial charge in [-0.15, -0.1) is 0 Å². The molecule has 0 saturated carbocycles. The number of amides is 2. The van der Waals surface area contributed by atoms with Gasteiger partial charge in [0.1, 0.15) is 18.3 Å². The van der Waals surface area contributed by atoms with E-state index in [0.717, 1.165) is 21.7 Å². The number of rotatable bonds is 11. The number of carbonyl (C=O) groups excluding carboxylic acids is 2. The van der Waals surface area contributed by atoms with Gasteiger partial charge < -0.3 is 15.0 Å². The molecular formula is C27H30ClN3O5S. The molecule has 0 spiro atoms. The largest absolute Gasteiger partial charge is 0.497 e. The van der Waals surface area contributed by atoms with Crippen LogP contribution in [0.25, 0.3) is 0 Å². The molecule has 10 heteroatoms. The van der Waals surface area contributed by atoms with Gasteiger partial charge in [0, 0.05) is 25.0 Å². The number of carbonyl (C=O) groups is 2. The average molecular weight is 544 g/mol. The van der Waals surface area contributed by atoms with Gasteiger partial charge >= 0.3 is 0 Å². The summed E-state index contributed by atoms with van der Waals surface area (Å²) in [4.78, 5) is 28.3. The van der Waals surface area contributed by atoms with Crippen LogP contribution in [0.5, 0.6) is 5.75 Å². The van der Waals surface area contributed by atoms with Crippen molar-refractivity contribution in [2.24, 2.45) is 0 Å². The van der Waals surface area contributed by atoms with Crippen molar-refractivity contribution in [3.63, 3.8) is 0 Å². The van der Waals surface area contributed by atoms with E-state index >= 15 is 0 Å². The maximum atomic E-state index is 13.8. The number of nitrogens with zero attached hydrogens (tertiary/aromatic N) is 2. The lowest BCUT2D eigenvalue weighted by Gasteiger charge is -2.33. The number of hydrogen-bond acceptors (Lipinski definition) is 5. The Morgan fingerprint density at radius 1 is 0.946 bits per heavy atom. The van der Waals surface area contributed by atoms with Gasteiger partial charge in [0.25, 0.3) is 0 Å². The van der Waals surface area contributed by atoms with Crippen LogP contribution in [0.1, 0.15) is 11.1 Å². The van der Waals surface area contributed by atoms with Gasteiger partial charge in [-0.25, -0.2) is 8.42 Å². The molecule has 0 bridgehead atoms. The standard InChI is InChI=1S/C27H30ClN3O5S/c1-29-27(33)25(17-20-7-5-4-6-8-20)30(18-21-9-11-22(28)12-10-21)26(32)19-31(37(3,34)35)23-13-15-24(36-2)16-14-23/h4-16,25H,17-19H2,1-3H3,(H,29,33)/t25-/m0/s1. The molecule has 0 aliphatic carbocycles. The molecule has 37 heavy (non-hydrogen) atoms. The summed E-state index contributed by atoms with van der Waals surface area (Å²) in [5, 5.41) is 3.18. The van der Waals surface area contributed by atoms with E-state index in [1.54, 1.807) is 48.5 Å². The molecule has 0 saturated heterocycles. The van der Waals surface area contributed by atoms with E-state index in [-0.39, 0.29) is 18.9 Å². The van der Waals surface area contributed by atoms with E-state index in [4.69, 9.17) is 16.3 Å². The Kier molecular flexibility index (Phi) is 9.54. The van der Waals surface area contributed by atoms with E-state index in [1.807, 2.05) is 30.3 Å². The molecule has 1 atom stereocenters. The molecule has 2 amide bonds. The second-order valence-electron chi connectivity index (χ2n) is 8.44. The third-order valence-electron chi connectivity index (χ3n) is 5.82. The Balaban J connectivity index is 2.00. The van der Waals surface area contributed by atoms with Gasteiger partial charge in [-0.05, 0) is 47.5 Å². The van der Waals surface area contributed by atoms with Crippen LogP contribution in [0, 0.1) is 0 Å². The fraction of sp³-hybridized carbons (Fsp3) is 0.259. The number of nitrogens with one attached hydrogen (secondary N) is 1. The zero-order chi connectivity index (χ0) is 27.0. The molecule has 196 valence electrons. The molecule has 0 heterocycles. The van der Waals surface area contributed by atoms with E-state index in [0.29, 0.717) is 16.5 Å². The molecule has 0 unspecified atom stereocenters. The Hall–Kier alpha value is -3.56. The monoisotopic (exact) mass is 543 g/mol. The molecular weight excluding hydrogens is 514 g/mol. The highest BCUT2D eigenvalue weighted by Crippen LogP contribution is 2.23. The number of anilines is 1. The smallest absolute Gasteiger partial charge is 0.244 e. The summed E-state index contributed by atoms with van der Waals surface area (Å²) < 4.78 is 31.6. The Morgan fingerprint density at radius 2 is 1.57 bits per heavy atom. The summed E-state index contributed by atoms with van der Waals surface area (Å²) in [5.41, 5.74) is 1.91. The highest BCUT2D eigenvalue weighted by Gasteiger charge is 2.32. The Morgan fingerprint density at radius 3 is 2.11 bits per heavy atom. The molecule has 0 aliphatic heterocycles. The van der Waals surface area contributed by atoms with Crippen molar-refractivity contribution < 1.29 is 22.7 Å². The predicted molar refractivity (Wildman–Crippen MR) is 145 cm³/mol. The van der Waals surface area contributed by atoms with Crippen molar-refractivity contribution in [3.05, 3.63) is 95.0 Å². The van der Waals surface area contributed by atoms with Crippen molar-refractivity contribution in [2.75, 3.05) is 31.3 Å². The summed E-state index contributed by atoms with van der Waals surface area (Å²) in [7, 11) is -0.815. The Labute approximate surface area is 222 Å². The normalized spacial score (nSPS) is 11.9. The van der Waals surface area contributed by atoms with Crippen molar-refractivity contribution in [3.8, 4) is 5.75 Å². The highest BCUT2D eigenvalue weighted by atomic mass is 35.5. The fourth-order valence-electron chi connectivity index (χ4n) is 3.87. The summed E-state index contributed by atoms with van der Waals surface area (Å²) >= 11 is 6.04. The maximum absolute atomic E-state index is 13.8. The number of halogens is 1. The highest BCUT2D eigenvalue weighted by molar-refractivity contribution is 7.92. The first-order chi connectivity index (χ1) is 17.6. The van der Waals surface area contributed by atoms with Crippen LogP contribution in [0.4, 0.5) is 5.69 Å². The van der Waals surface area contributed by atoms with E-state index < -0.39 is 28.5 Å². The second-order valence-corrected chi connectivity index (χ2v) is 10.8. The molecule has 3 rings (SSSR count). The van der Waals surface area contributed by atoms with Crippen LogP contribution < -0.4 is 14.4 Å². The van der Waals surface area contributed by atoms with Crippen molar-refractivity contribution in [1.82, 2.24) is 10.2 Å². The third-order valence-corrected chi connectivity index (χ3v) is 7.22. The first-order valence-corrected chi connectivity index (χ1v) is 13.8. The van der Waals surface area contributed by atoms with Crippen molar-refractivity contribution >= 4 is 39.1 Å². The van der Waals surface area contributed by atoms with Crippen molar-refractivity contribution in [2.45, 2.75) is 19.0 Å². The lowest BCUT2D eigenvalue weighted by Crippen LogP contribution is -2.52. The lowest BCUT2D eigenvalue weighted by molar-refractivity contribution is -0.139. The van der Waals surface area contributed by atoms with Gasteiger partial charge in [0.2, 0.25) is 21.8 Å². The number of benzene rings is 3.